The quantitative estimate of drug-likeness (QED) is 0.665. The topological polar surface area (TPSA) is 83.8 Å². The Balaban J connectivity index is 1.61. The molecular formula is C18H16F3N5OS. The molecule has 1 aliphatic rings. The standard InChI is InChI=1S/C18H16F3N5OS/c1-10-7-11(25-16-22-6-3-14(26-16)18(19,20)21)8-12(24-10)13-9-23-15(28-13)17(27)4-2-5-17/h3,6-9,27H,2,4-5H2,1H3,(H,22,24,25,26). The van der Waals surface area contributed by atoms with E-state index in [1.54, 1.807) is 25.3 Å². The molecular weight excluding hydrogens is 391 g/mol. The second-order valence-corrected chi connectivity index (χ2v) is 7.72. The Labute approximate surface area is 162 Å². The molecule has 6 nitrogen and oxygen atoms in total. The van der Waals surface area contributed by atoms with E-state index in [-0.39, 0.29) is 5.95 Å². The van der Waals surface area contributed by atoms with Gasteiger partial charge in [0.15, 0.2) is 0 Å². The van der Waals surface area contributed by atoms with E-state index in [0.29, 0.717) is 34.9 Å². The van der Waals surface area contributed by atoms with Crippen LogP contribution >= 0.6 is 11.3 Å². The SMILES string of the molecule is Cc1cc(Nc2nccc(C(F)(F)F)n2)cc(-c2cnc(C3(O)CCC3)s2)n1. The lowest BCUT2D eigenvalue weighted by Crippen LogP contribution is -2.33. The molecule has 0 aromatic carbocycles. The summed E-state index contributed by atoms with van der Waals surface area (Å²) in [5.41, 5.74) is -0.0684. The molecule has 3 aromatic rings. The first-order valence-corrected chi connectivity index (χ1v) is 9.40. The molecule has 28 heavy (non-hydrogen) atoms. The fraction of sp³-hybridized carbons (Fsp3) is 0.333. The number of nitrogens with one attached hydrogen (secondary N) is 1. The number of aryl methyl sites for hydroxylation is 1. The Kier molecular flexibility index (Phi) is 4.54. The molecule has 0 saturated heterocycles. The van der Waals surface area contributed by atoms with Crippen molar-refractivity contribution in [1.82, 2.24) is 19.9 Å². The van der Waals surface area contributed by atoms with Crippen LogP contribution in [0.3, 0.4) is 0 Å². The summed E-state index contributed by atoms with van der Waals surface area (Å²) in [6, 6.07) is 4.20. The average Bonchev–Trinajstić information content (AvgIpc) is 3.09. The third-order valence-electron chi connectivity index (χ3n) is 4.49. The molecule has 146 valence electrons. The van der Waals surface area contributed by atoms with Crippen molar-refractivity contribution in [3.8, 4) is 10.6 Å². The maximum atomic E-state index is 12.8. The lowest BCUT2D eigenvalue weighted by atomic mass is 9.81. The molecule has 0 amide bonds. The molecule has 3 aromatic heterocycles. The fourth-order valence-corrected chi connectivity index (χ4v) is 3.93. The Hall–Kier alpha value is -2.59. The van der Waals surface area contributed by atoms with E-state index in [0.717, 1.165) is 23.6 Å². The highest BCUT2D eigenvalue weighted by molar-refractivity contribution is 7.15. The summed E-state index contributed by atoms with van der Waals surface area (Å²) in [7, 11) is 0. The van der Waals surface area contributed by atoms with E-state index in [1.165, 1.54) is 11.3 Å². The van der Waals surface area contributed by atoms with Gasteiger partial charge in [0, 0.05) is 23.8 Å². The van der Waals surface area contributed by atoms with Crippen LogP contribution in [0.25, 0.3) is 10.6 Å². The van der Waals surface area contributed by atoms with Gasteiger partial charge in [-0.3, -0.25) is 4.98 Å². The van der Waals surface area contributed by atoms with E-state index in [4.69, 9.17) is 0 Å². The second kappa shape index (κ2) is 6.78. The highest BCUT2D eigenvalue weighted by Crippen LogP contribution is 2.44. The summed E-state index contributed by atoms with van der Waals surface area (Å²) in [6.07, 6.45) is 0.533. The summed E-state index contributed by atoms with van der Waals surface area (Å²) in [4.78, 5) is 16.9. The number of hydrogen-bond donors (Lipinski definition) is 2. The van der Waals surface area contributed by atoms with Crippen molar-refractivity contribution in [3.63, 3.8) is 0 Å². The van der Waals surface area contributed by atoms with Gasteiger partial charge in [-0.2, -0.15) is 13.2 Å². The maximum Gasteiger partial charge on any atom is 0.433 e. The Morgan fingerprint density at radius 3 is 2.64 bits per heavy atom. The van der Waals surface area contributed by atoms with Crippen molar-refractivity contribution in [2.75, 3.05) is 5.32 Å². The van der Waals surface area contributed by atoms with Gasteiger partial charge in [-0.15, -0.1) is 11.3 Å². The third-order valence-corrected chi connectivity index (χ3v) is 5.71. The number of aliphatic hydroxyl groups is 1. The zero-order valence-corrected chi connectivity index (χ0v) is 15.6. The Morgan fingerprint density at radius 2 is 1.96 bits per heavy atom. The van der Waals surface area contributed by atoms with Gasteiger partial charge in [-0.25, -0.2) is 15.0 Å². The first kappa shape index (κ1) is 18.8. The van der Waals surface area contributed by atoms with Crippen LogP contribution in [0, 0.1) is 6.92 Å². The second-order valence-electron chi connectivity index (χ2n) is 6.69. The smallest absolute Gasteiger partial charge is 0.383 e. The number of rotatable bonds is 4. The number of hydrogen-bond acceptors (Lipinski definition) is 7. The Morgan fingerprint density at radius 1 is 1.18 bits per heavy atom. The van der Waals surface area contributed by atoms with E-state index >= 15 is 0 Å². The van der Waals surface area contributed by atoms with Crippen LogP contribution < -0.4 is 5.32 Å². The van der Waals surface area contributed by atoms with E-state index in [1.807, 2.05) is 0 Å². The van der Waals surface area contributed by atoms with Crippen LogP contribution in [0.4, 0.5) is 24.8 Å². The minimum atomic E-state index is -4.54. The first-order valence-electron chi connectivity index (χ1n) is 8.58. The van der Waals surface area contributed by atoms with Gasteiger partial charge in [0.05, 0.1) is 10.6 Å². The first-order chi connectivity index (χ1) is 13.2. The predicted octanol–water partition coefficient (Wildman–Crippen LogP) is 4.44. The van der Waals surface area contributed by atoms with Crippen molar-refractivity contribution >= 4 is 23.0 Å². The van der Waals surface area contributed by atoms with Crippen molar-refractivity contribution in [2.45, 2.75) is 38.0 Å². The van der Waals surface area contributed by atoms with Gasteiger partial charge in [0.2, 0.25) is 5.95 Å². The molecule has 0 spiro atoms. The number of anilines is 2. The zero-order valence-electron chi connectivity index (χ0n) is 14.8. The van der Waals surface area contributed by atoms with Crippen molar-refractivity contribution < 1.29 is 18.3 Å². The Bertz CT molecular complexity index is 1020. The summed E-state index contributed by atoms with van der Waals surface area (Å²) in [6.45, 7) is 1.78. The van der Waals surface area contributed by atoms with Gasteiger partial charge in [-0.05, 0) is 44.4 Å². The summed E-state index contributed by atoms with van der Waals surface area (Å²) in [5, 5.41) is 13.9. The van der Waals surface area contributed by atoms with Gasteiger partial charge >= 0.3 is 6.18 Å². The van der Waals surface area contributed by atoms with Crippen molar-refractivity contribution in [1.29, 1.82) is 0 Å². The molecule has 1 saturated carbocycles. The lowest BCUT2D eigenvalue weighted by molar-refractivity contribution is -0.141. The minimum Gasteiger partial charge on any atom is -0.383 e. The van der Waals surface area contributed by atoms with Crippen LogP contribution in [0.1, 0.15) is 35.7 Å². The fourth-order valence-electron chi connectivity index (χ4n) is 2.91. The highest BCUT2D eigenvalue weighted by atomic mass is 32.1. The van der Waals surface area contributed by atoms with Crippen LogP contribution in [0.15, 0.2) is 30.6 Å². The number of nitrogens with zero attached hydrogens (tertiary/aromatic N) is 4. The summed E-state index contributed by atoms with van der Waals surface area (Å²) >= 11 is 1.37. The zero-order chi connectivity index (χ0) is 19.9. The van der Waals surface area contributed by atoms with Gasteiger partial charge in [0.25, 0.3) is 0 Å². The van der Waals surface area contributed by atoms with E-state index in [2.05, 4.69) is 25.3 Å². The largest absolute Gasteiger partial charge is 0.433 e. The summed E-state index contributed by atoms with van der Waals surface area (Å²) < 4.78 is 38.5. The maximum absolute atomic E-state index is 12.8. The number of thiazole rings is 1. The number of alkyl halides is 3. The molecule has 0 radical (unpaired) electrons. The lowest BCUT2D eigenvalue weighted by Gasteiger charge is -2.34. The van der Waals surface area contributed by atoms with E-state index < -0.39 is 17.5 Å². The average molecular weight is 407 g/mol. The van der Waals surface area contributed by atoms with E-state index in [9.17, 15) is 18.3 Å². The van der Waals surface area contributed by atoms with Crippen molar-refractivity contribution in [3.05, 3.63) is 47.0 Å². The molecule has 1 fully saturated rings. The van der Waals surface area contributed by atoms with Crippen molar-refractivity contribution in [2.24, 2.45) is 0 Å². The van der Waals surface area contributed by atoms with Crippen LogP contribution in [0.5, 0.6) is 0 Å². The molecule has 4 rings (SSSR count). The number of pyridine rings is 1. The van der Waals surface area contributed by atoms with Crippen LogP contribution in [-0.4, -0.2) is 25.0 Å². The number of aromatic nitrogens is 4. The number of halogens is 3. The third kappa shape index (κ3) is 3.69. The molecule has 1 aliphatic carbocycles. The normalized spacial score (nSPS) is 15.9. The van der Waals surface area contributed by atoms with Gasteiger partial charge in [0.1, 0.15) is 16.3 Å². The molecule has 0 bridgehead atoms. The molecule has 0 unspecified atom stereocenters. The molecule has 2 N–H and O–H groups in total. The van der Waals surface area contributed by atoms with Gasteiger partial charge in [-0.1, -0.05) is 0 Å². The van der Waals surface area contributed by atoms with Crippen LogP contribution in [-0.2, 0) is 11.8 Å². The van der Waals surface area contributed by atoms with Gasteiger partial charge < -0.3 is 10.4 Å². The highest BCUT2D eigenvalue weighted by Gasteiger charge is 2.39. The molecule has 10 heteroatoms. The molecule has 0 aliphatic heterocycles. The molecule has 3 heterocycles. The monoisotopic (exact) mass is 407 g/mol. The summed E-state index contributed by atoms with van der Waals surface area (Å²) in [5.74, 6) is -0.153. The predicted molar refractivity (Wildman–Crippen MR) is 98.1 cm³/mol. The molecule has 0 atom stereocenters. The minimum absolute atomic E-state index is 0.153. The van der Waals surface area contributed by atoms with Crippen LogP contribution in [0.2, 0.25) is 0 Å².